The van der Waals surface area contributed by atoms with Crippen molar-refractivity contribution in [2.45, 2.75) is 58.6 Å². The maximum absolute atomic E-state index is 12.7. The molecule has 194 valence electrons. The van der Waals surface area contributed by atoms with Crippen LogP contribution in [0.2, 0.25) is 5.02 Å². The van der Waals surface area contributed by atoms with Crippen molar-refractivity contribution in [3.63, 3.8) is 0 Å². The lowest BCUT2D eigenvalue weighted by atomic mass is 9.92. The minimum Gasteiger partial charge on any atom is -0.472 e. The van der Waals surface area contributed by atoms with Crippen LogP contribution in [0.1, 0.15) is 52.0 Å². The number of benzene rings is 1. The molecule has 4 atom stereocenters. The molecule has 0 spiro atoms. The molecule has 1 aromatic rings. The van der Waals surface area contributed by atoms with Gasteiger partial charge in [0.1, 0.15) is 12.1 Å². The number of nitrogens with one attached hydrogen (secondary N) is 1. The van der Waals surface area contributed by atoms with Gasteiger partial charge in [-0.1, -0.05) is 31.5 Å². The maximum atomic E-state index is 12.7. The topological polar surface area (TPSA) is 57.2 Å². The fourth-order valence-corrected chi connectivity index (χ4v) is 6.74. The summed E-state index contributed by atoms with van der Waals surface area (Å²) in [6.45, 7) is 13.7. The summed E-state index contributed by atoms with van der Waals surface area (Å²) in [6, 6.07) is 5.78. The van der Waals surface area contributed by atoms with E-state index >= 15 is 0 Å². The van der Waals surface area contributed by atoms with Crippen LogP contribution >= 0.6 is 27.5 Å². The maximum Gasteiger partial charge on any atom is 0.223 e. The summed E-state index contributed by atoms with van der Waals surface area (Å²) < 4.78 is 6.97. The van der Waals surface area contributed by atoms with Crippen molar-refractivity contribution >= 4 is 39.3 Å². The summed E-state index contributed by atoms with van der Waals surface area (Å²) in [6.07, 6.45) is 4.18. The average Bonchev–Trinajstić information content (AvgIpc) is 3.16. The Morgan fingerprint density at radius 2 is 1.89 bits per heavy atom. The molecule has 0 aliphatic carbocycles. The quantitative estimate of drug-likeness (QED) is 0.457. The first-order valence-corrected chi connectivity index (χ1v) is 14.4. The molecule has 6 nitrogen and oxygen atoms in total. The summed E-state index contributed by atoms with van der Waals surface area (Å²) in [4.78, 5) is 22.6. The second-order valence-corrected chi connectivity index (χ2v) is 12.1. The normalized spacial score (nSPS) is 28.5. The number of halogens is 2. The van der Waals surface area contributed by atoms with Crippen LogP contribution in [0.15, 0.2) is 27.7 Å². The lowest BCUT2D eigenvalue weighted by molar-refractivity contribution is -0.126. The van der Waals surface area contributed by atoms with Crippen molar-refractivity contribution in [2.75, 3.05) is 45.8 Å². The summed E-state index contributed by atoms with van der Waals surface area (Å²) in [5.41, 5.74) is 0.822. The Bertz CT molecular complexity index is 875. The predicted octanol–water partition coefficient (Wildman–Crippen LogP) is 4.83. The fraction of sp³-hybridized carbons (Fsp3) is 0.704. The van der Waals surface area contributed by atoms with Crippen molar-refractivity contribution in [1.82, 2.24) is 15.1 Å². The van der Waals surface area contributed by atoms with E-state index in [1.165, 1.54) is 19.5 Å². The fourth-order valence-electron chi connectivity index (χ4n) is 5.83. The zero-order valence-electron chi connectivity index (χ0n) is 21.3. The molecule has 8 heteroatoms. The molecule has 2 fully saturated rings. The van der Waals surface area contributed by atoms with Crippen molar-refractivity contribution in [2.24, 2.45) is 22.7 Å². The van der Waals surface area contributed by atoms with Gasteiger partial charge < -0.3 is 19.9 Å². The molecule has 4 rings (SSSR count). The van der Waals surface area contributed by atoms with E-state index in [4.69, 9.17) is 21.3 Å². The Morgan fingerprint density at radius 3 is 2.57 bits per heavy atom. The number of hydrogen-bond donors (Lipinski definition) is 1. The number of ether oxygens (including phenoxy) is 1. The largest absolute Gasteiger partial charge is 0.472 e. The average molecular weight is 568 g/mol. The molecule has 3 aliphatic heterocycles. The minimum atomic E-state index is 0.0000684. The molecular formula is C27H40BrClN4O2. The van der Waals surface area contributed by atoms with E-state index in [1.54, 1.807) is 0 Å². The summed E-state index contributed by atoms with van der Waals surface area (Å²) in [7, 11) is 0. The molecule has 0 radical (unpaired) electrons. The first-order valence-electron chi connectivity index (χ1n) is 13.2. The highest BCUT2D eigenvalue weighted by atomic mass is 79.9. The Balaban J connectivity index is 1.18. The molecule has 1 amide bonds. The van der Waals surface area contributed by atoms with Gasteiger partial charge in [0, 0.05) is 36.6 Å². The van der Waals surface area contributed by atoms with Crippen LogP contribution in [0.5, 0.6) is 0 Å². The highest BCUT2D eigenvalue weighted by Gasteiger charge is 2.33. The van der Waals surface area contributed by atoms with Crippen LogP contribution in [0.4, 0.5) is 0 Å². The van der Waals surface area contributed by atoms with Crippen LogP contribution in [0.25, 0.3) is 0 Å². The van der Waals surface area contributed by atoms with Crippen LogP contribution in [-0.2, 0) is 9.53 Å². The van der Waals surface area contributed by atoms with Gasteiger partial charge in [-0.25, -0.2) is 4.99 Å². The van der Waals surface area contributed by atoms with Gasteiger partial charge in [-0.3, -0.25) is 4.79 Å². The van der Waals surface area contributed by atoms with Gasteiger partial charge in [-0.15, -0.1) is 0 Å². The van der Waals surface area contributed by atoms with E-state index in [0.717, 1.165) is 73.9 Å². The monoisotopic (exact) mass is 566 g/mol. The zero-order valence-corrected chi connectivity index (χ0v) is 23.7. The van der Waals surface area contributed by atoms with Gasteiger partial charge in [-0.05, 0) is 92.1 Å². The number of carbonyl (C=O) groups is 1. The van der Waals surface area contributed by atoms with Gasteiger partial charge in [0.15, 0.2) is 0 Å². The molecule has 1 N–H and O–H groups in total. The number of amides is 1. The molecule has 2 saturated heterocycles. The molecule has 0 saturated carbocycles. The van der Waals surface area contributed by atoms with Crippen LogP contribution in [0, 0.1) is 17.8 Å². The van der Waals surface area contributed by atoms with Crippen molar-refractivity contribution in [3.8, 4) is 0 Å². The van der Waals surface area contributed by atoms with Gasteiger partial charge in [0.05, 0.1) is 10.6 Å². The molecular weight excluding hydrogens is 528 g/mol. The number of hydrogen-bond acceptors (Lipinski definition) is 5. The van der Waals surface area contributed by atoms with Crippen LogP contribution < -0.4 is 5.32 Å². The van der Waals surface area contributed by atoms with E-state index in [0.29, 0.717) is 10.9 Å². The molecule has 3 heterocycles. The summed E-state index contributed by atoms with van der Waals surface area (Å²) in [5, 5.41) is 3.84. The molecule has 3 aliphatic rings. The number of rotatable bonds is 8. The molecule has 35 heavy (non-hydrogen) atoms. The number of aliphatic imine (C=N–C) groups is 1. The standard InChI is InChI=1S/C27H40BrClN4O2/c1-18-14-19(2)16-33(15-18)11-5-10-30-26(34)21-8-12-32(13-9-21)17-24-20(3)35-27(31-24)25-22(28)6-4-7-23(25)29/h4,6-7,18-21,24H,5,8-17H2,1-3H3,(H,30,34)/t18-,19+,20?,24?. The van der Waals surface area contributed by atoms with E-state index in [1.807, 2.05) is 18.2 Å². The van der Waals surface area contributed by atoms with Gasteiger partial charge in [0.25, 0.3) is 0 Å². The summed E-state index contributed by atoms with van der Waals surface area (Å²) >= 11 is 9.96. The smallest absolute Gasteiger partial charge is 0.223 e. The van der Waals surface area contributed by atoms with E-state index in [9.17, 15) is 4.79 Å². The highest BCUT2D eigenvalue weighted by Crippen LogP contribution is 2.30. The Hall–Kier alpha value is -1.15. The van der Waals surface area contributed by atoms with Crippen molar-refractivity contribution in [3.05, 3.63) is 33.3 Å². The second kappa shape index (κ2) is 12.4. The predicted molar refractivity (Wildman–Crippen MR) is 146 cm³/mol. The SMILES string of the molecule is CC1OC(c2c(Cl)cccc2Br)=NC1CN1CCC(C(=O)NCCCN2C[C@H](C)C[C@H](C)C2)CC1. The molecule has 0 aromatic heterocycles. The number of nitrogens with zero attached hydrogens (tertiary/aromatic N) is 3. The first kappa shape index (κ1) is 26.9. The minimum absolute atomic E-state index is 0.0000684. The Labute approximate surface area is 223 Å². The Morgan fingerprint density at radius 1 is 1.17 bits per heavy atom. The second-order valence-electron chi connectivity index (χ2n) is 10.8. The Kier molecular flexibility index (Phi) is 9.53. The van der Waals surface area contributed by atoms with E-state index in [-0.39, 0.29) is 24.0 Å². The molecule has 2 unspecified atom stereocenters. The van der Waals surface area contributed by atoms with E-state index in [2.05, 4.69) is 51.8 Å². The van der Waals surface area contributed by atoms with Crippen LogP contribution in [-0.4, -0.2) is 79.6 Å². The van der Waals surface area contributed by atoms with Gasteiger partial charge in [-0.2, -0.15) is 0 Å². The van der Waals surface area contributed by atoms with Gasteiger partial charge >= 0.3 is 0 Å². The zero-order chi connectivity index (χ0) is 24.9. The highest BCUT2D eigenvalue weighted by molar-refractivity contribution is 9.10. The third-order valence-electron chi connectivity index (χ3n) is 7.60. The van der Waals surface area contributed by atoms with Crippen molar-refractivity contribution in [1.29, 1.82) is 0 Å². The molecule has 0 bridgehead atoms. The lowest BCUT2D eigenvalue weighted by Gasteiger charge is -2.35. The van der Waals surface area contributed by atoms with Crippen LogP contribution in [0.3, 0.4) is 0 Å². The molecule has 1 aromatic carbocycles. The van der Waals surface area contributed by atoms with Crippen molar-refractivity contribution < 1.29 is 9.53 Å². The number of likely N-dealkylation sites (tertiary alicyclic amines) is 2. The number of piperidine rings is 2. The number of carbonyl (C=O) groups excluding carboxylic acids is 1. The third-order valence-corrected chi connectivity index (χ3v) is 8.57. The van der Waals surface area contributed by atoms with E-state index < -0.39 is 0 Å². The first-order chi connectivity index (χ1) is 16.8. The van der Waals surface area contributed by atoms with Gasteiger partial charge in [0.2, 0.25) is 11.8 Å². The summed E-state index contributed by atoms with van der Waals surface area (Å²) in [5.74, 6) is 2.53. The lowest BCUT2D eigenvalue weighted by Crippen LogP contribution is -2.44. The third kappa shape index (κ3) is 7.21.